The topological polar surface area (TPSA) is 70.9 Å². The van der Waals surface area contributed by atoms with Gasteiger partial charge in [0.05, 0.1) is 18.0 Å². The molecule has 28 heavy (non-hydrogen) atoms. The number of rotatable bonds is 5. The first-order valence-electron chi connectivity index (χ1n) is 10.6. The molecule has 2 saturated heterocycles. The third kappa shape index (κ3) is 5.55. The molecule has 7 heteroatoms. The van der Waals surface area contributed by atoms with Crippen LogP contribution in [0.3, 0.4) is 0 Å². The van der Waals surface area contributed by atoms with Crippen molar-refractivity contribution in [3.63, 3.8) is 0 Å². The summed E-state index contributed by atoms with van der Waals surface area (Å²) in [4.78, 5) is 14.0. The quantitative estimate of drug-likeness (QED) is 0.780. The van der Waals surface area contributed by atoms with E-state index in [4.69, 9.17) is 0 Å². The number of sulfonamides is 1. The highest BCUT2D eigenvalue weighted by Crippen LogP contribution is 2.27. The highest BCUT2D eigenvalue weighted by atomic mass is 32.2. The van der Waals surface area contributed by atoms with E-state index in [1.807, 2.05) is 0 Å². The number of nitrogens with one attached hydrogen (secondary N) is 2. The lowest BCUT2D eigenvalue weighted by molar-refractivity contribution is -0.890. The number of nitrogens with zero attached hydrogens (tertiary/aromatic N) is 1. The van der Waals surface area contributed by atoms with Gasteiger partial charge in [-0.15, -0.1) is 0 Å². The summed E-state index contributed by atoms with van der Waals surface area (Å²) in [6.45, 7) is 7.93. The number of hydrogen-bond acceptors (Lipinski definition) is 3. The standard InChI is InChI=1S/C21H33N3O3S/c1-17-13-18(2)15-24(14-17)28(26,27)20-9-7-19(8-10-20)22-21(25)16-23-11-5-3-4-6-12-23/h7-10,17-18H,3-6,11-16H2,1-2H3,(H,22,25)/p+1/t17-,18+. The second-order valence-corrected chi connectivity index (χ2v) is 10.6. The van der Waals surface area contributed by atoms with Crippen molar-refractivity contribution in [2.45, 2.75) is 50.8 Å². The summed E-state index contributed by atoms with van der Waals surface area (Å²) in [6, 6.07) is 6.60. The number of anilines is 1. The second kappa shape index (κ2) is 9.37. The number of quaternary nitrogens is 1. The summed E-state index contributed by atoms with van der Waals surface area (Å²) in [5.74, 6) is 0.739. The maximum absolute atomic E-state index is 12.9. The first-order valence-corrected chi connectivity index (χ1v) is 12.0. The van der Waals surface area contributed by atoms with E-state index in [-0.39, 0.29) is 5.91 Å². The molecular weight excluding hydrogens is 374 g/mol. The van der Waals surface area contributed by atoms with E-state index in [2.05, 4.69) is 19.2 Å². The van der Waals surface area contributed by atoms with Crippen LogP contribution in [0, 0.1) is 11.8 Å². The highest BCUT2D eigenvalue weighted by Gasteiger charge is 2.31. The Hall–Kier alpha value is -1.44. The molecule has 2 N–H and O–H groups in total. The van der Waals surface area contributed by atoms with E-state index in [1.54, 1.807) is 28.6 Å². The van der Waals surface area contributed by atoms with Crippen molar-refractivity contribution in [2.75, 3.05) is 38.0 Å². The van der Waals surface area contributed by atoms with Gasteiger partial charge in [0.15, 0.2) is 6.54 Å². The second-order valence-electron chi connectivity index (χ2n) is 8.68. The summed E-state index contributed by atoms with van der Waals surface area (Å²) in [7, 11) is -3.48. The van der Waals surface area contributed by atoms with Crippen molar-refractivity contribution in [2.24, 2.45) is 11.8 Å². The first kappa shape index (κ1) is 21.3. The summed E-state index contributed by atoms with van der Waals surface area (Å²) < 4.78 is 27.5. The first-order chi connectivity index (χ1) is 13.3. The number of hydrogen-bond donors (Lipinski definition) is 2. The molecule has 0 saturated carbocycles. The molecule has 0 radical (unpaired) electrons. The van der Waals surface area contributed by atoms with Crippen molar-refractivity contribution in [3.8, 4) is 0 Å². The lowest BCUT2D eigenvalue weighted by Crippen LogP contribution is -3.12. The predicted molar refractivity (Wildman–Crippen MR) is 111 cm³/mol. The number of likely N-dealkylation sites (tertiary alicyclic amines) is 1. The van der Waals surface area contributed by atoms with Crippen molar-refractivity contribution in [3.05, 3.63) is 24.3 Å². The van der Waals surface area contributed by atoms with Gasteiger partial charge in [-0.25, -0.2) is 8.42 Å². The zero-order valence-electron chi connectivity index (χ0n) is 17.1. The highest BCUT2D eigenvalue weighted by molar-refractivity contribution is 7.89. The van der Waals surface area contributed by atoms with Crippen LogP contribution >= 0.6 is 0 Å². The average molecular weight is 409 g/mol. The summed E-state index contributed by atoms with van der Waals surface area (Å²) >= 11 is 0. The number of carbonyl (C=O) groups excluding carboxylic acids is 1. The van der Waals surface area contributed by atoms with E-state index >= 15 is 0 Å². The SMILES string of the molecule is C[C@@H]1C[C@H](C)CN(S(=O)(=O)c2ccc(NC(=O)C[NH+]3CCCCCC3)cc2)C1. The van der Waals surface area contributed by atoms with Gasteiger partial charge in [-0.1, -0.05) is 13.8 Å². The van der Waals surface area contributed by atoms with Gasteiger partial charge < -0.3 is 10.2 Å². The summed E-state index contributed by atoms with van der Waals surface area (Å²) in [6.07, 6.45) is 5.95. The predicted octanol–water partition coefficient (Wildman–Crippen LogP) is 1.75. The Bertz CT molecular complexity index is 746. The van der Waals surface area contributed by atoms with Gasteiger partial charge in [-0.2, -0.15) is 4.31 Å². The van der Waals surface area contributed by atoms with Gasteiger partial charge >= 0.3 is 0 Å². The lowest BCUT2D eigenvalue weighted by Gasteiger charge is -2.34. The lowest BCUT2D eigenvalue weighted by atomic mass is 9.94. The summed E-state index contributed by atoms with van der Waals surface area (Å²) in [5, 5.41) is 2.91. The zero-order valence-corrected chi connectivity index (χ0v) is 17.9. The van der Waals surface area contributed by atoms with Crippen LogP contribution in [0.15, 0.2) is 29.2 Å². The molecule has 0 bridgehead atoms. The molecule has 2 heterocycles. The number of carbonyl (C=O) groups is 1. The van der Waals surface area contributed by atoms with Crippen LogP contribution in [0.2, 0.25) is 0 Å². The maximum Gasteiger partial charge on any atom is 0.279 e. The van der Waals surface area contributed by atoms with Crippen LogP contribution in [0.5, 0.6) is 0 Å². The molecule has 2 atom stereocenters. The molecule has 6 nitrogen and oxygen atoms in total. The van der Waals surface area contributed by atoms with Crippen LogP contribution in [0.25, 0.3) is 0 Å². The van der Waals surface area contributed by atoms with Crippen LogP contribution in [0.1, 0.15) is 46.0 Å². The minimum Gasteiger partial charge on any atom is -0.327 e. The average Bonchev–Trinajstić information content (AvgIpc) is 2.90. The van der Waals surface area contributed by atoms with Crippen molar-refractivity contribution >= 4 is 21.6 Å². The third-order valence-electron chi connectivity index (χ3n) is 5.83. The van der Waals surface area contributed by atoms with Gasteiger partial charge in [0.25, 0.3) is 5.91 Å². The fourth-order valence-corrected chi connectivity index (χ4v) is 6.18. The fourth-order valence-electron chi connectivity index (χ4n) is 4.50. The Kier molecular flexibility index (Phi) is 7.12. The third-order valence-corrected chi connectivity index (χ3v) is 7.68. The molecule has 1 aromatic rings. The molecule has 1 aromatic carbocycles. The van der Waals surface area contributed by atoms with E-state index in [0.717, 1.165) is 19.5 Å². The number of piperidine rings is 1. The molecular formula is C21H34N3O3S+. The Morgan fingerprint density at radius 1 is 1.04 bits per heavy atom. The van der Waals surface area contributed by atoms with Gasteiger partial charge in [-0.3, -0.25) is 4.79 Å². The molecule has 1 amide bonds. The zero-order chi connectivity index (χ0) is 20.1. The molecule has 156 valence electrons. The van der Waals surface area contributed by atoms with E-state index in [9.17, 15) is 13.2 Å². The summed E-state index contributed by atoms with van der Waals surface area (Å²) in [5.41, 5.74) is 0.651. The normalized spacial score (nSPS) is 25.2. The van der Waals surface area contributed by atoms with Crippen LogP contribution in [-0.4, -0.2) is 51.4 Å². The Morgan fingerprint density at radius 2 is 1.61 bits per heavy atom. The number of benzene rings is 1. The maximum atomic E-state index is 12.9. The van der Waals surface area contributed by atoms with Crippen molar-refractivity contribution < 1.29 is 18.1 Å². The van der Waals surface area contributed by atoms with Crippen molar-refractivity contribution in [1.29, 1.82) is 0 Å². The molecule has 2 fully saturated rings. The number of amides is 1. The smallest absolute Gasteiger partial charge is 0.279 e. The van der Waals surface area contributed by atoms with Gasteiger partial charge in [0.1, 0.15) is 0 Å². The van der Waals surface area contributed by atoms with Crippen LogP contribution in [-0.2, 0) is 14.8 Å². The fraction of sp³-hybridized carbons (Fsp3) is 0.667. The Balaban J connectivity index is 1.60. The van der Waals surface area contributed by atoms with Crippen LogP contribution < -0.4 is 10.2 Å². The van der Waals surface area contributed by atoms with E-state index in [0.29, 0.717) is 42.1 Å². The molecule has 0 spiro atoms. The van der Waals surface area contributed by atoms with E-state index < -0.39 is 10.0 Å². The van der Waals surface area contributed by atoms with E-state index in [1.165, 1.54) is 30.6 Å². The monoisotopic (exact) mass is 408 g/mol. The van der Waals surface area contributed by atoms with Gasteiger partial charge in [0.2, 0.25) is 10.0 Å². The molecule has 2 aliphatic heterocycles. The Morgan fingerprint density at radius 3 is 2.18 bits per heavy atom. The minimum atomic E-state index is -3.48. The van der Waals surface area contributed by atoms with Crippen LogP contribution in [0.4, 0.5) is 5.69 Å². The minimum absolute atomic E-state index is 0.00816. The van der Waals surface area contributed by atoms with Crippen molar-refractivity contribution in [1.82, 2.24) is 4.31 Å². The largest absolute Gasteiger partial charge is 0.327 e. The molecule has 2 aliphatic rings. The Labute approximate surface area is 169 Å². The van der Waals surface area contributed by atoms with Gasteiger partial charge in [0, 0.05) is 18.8 Å². The van der Waals surface area contributed by atoms with Gasteiger partial charge in [-0.05, 0) is 68.2 Å². The molecule has 0 aromatic heterocycles. The molecule has 3 rings (SSSR count). The molecule has 0 aliphatic carbocycles. The molecule has 0 unspecified atom stereocenters.